The van der Waals surface area contributed by atoms with Crippen molar-refractivity contribution in [2.45, 2.75) is 19.3 Å². The van der Waals surface area contributed by atoms with Gasteiger partial charge in [0.2, 0.25) is 0 Å². The predicted octanol–water partition coefficient (Wildman–Crippen LogP) is 2.52. The standard InChI is InChI=1S/C12H14ClFO3/c1-12(2,6-15)9-10(14)7(13)5-8-11(9)17-4-3-16-8/h5,15H,3-4,6H2,1-2H3. The molecule has 0 unspecified atom stereocenters. The zero-order valence-electron chi connectivity index (χ0n) is 9.72. The lowest BCUT2D eigenvalue weighted by atomic mass is 9.84. The van der Waals surface area contributed by atoms with Gasteiger partial charge in [-0.1, -0.05) is 25.4 Å². The van der Waals surface area contributed by atoms with Gasteiger partial charge in [0.05, 0.1) is 11.6 Å². The van der Waals surface area contributed by atoms with Crippen LogP contribution in [0.3, 0.4) is 0 Å². The topological polar surface area (TPSA) is 38.7 Å². The summed E-state index contributed by atoms with van der Waals surface area (Å²) in [6.07, 6.45) is 0. The fourth-order valence-electron chi connectivity index (χ4n) is 1.82. The van der Waals surface area contributed by atoms with Crippen molar-refractivity contribution in [3.8, 4) is 11.5 Å². The van der Waals surface area contributed by atoms with E-state index in [0.29, 0.717) is 24.7 Å². The third kappa shape index (κ3) is 2.07. The van der Waals surface area contributed by atoms with E-state index in [1.165, 1.54) is 6.07 Å². The maximum atomic E-state index is 14.1. The highest BCUT2D eigenvalue weighted by molar-refractivity contribution is 6.31. The van der Waals surface area contributed by atoms with Crippen molar-refractivity contribution in [2.75, 3.05) is 19.8 Å². The Bertz CT molecular complexity index is 446. The van der Waals surface area contributed by atoms with Crippen LogP contribution in [0.4, 0.5) is 4.39 Å². The minimum atomic E-state index is -0.778. The van der Waals surface area contributed by atoms with Crippen LogP contribution in [0.5, 0.6) is 11.5 Å². The molecule has 0 saturated heterocycles. The van der Waals surface area contributed by atoms with Gasteiger partial charge in [0.25, 0.3) is 0 Å². The Morgan fingerprint density at radius 2 is 2.06 bits per heavy atom. The number of rotatable bonds is 2. The number of aliphatic hydroxyl groups is 1. The van der Waals surface area contributed by atoms with Gasteiger partial charge in [-0.15, -0.1) is 0 Å². The minimum absolute atomic E-state index is 0.0224. The van der Waals surface area contributed by atoms with Crippen molar-refractivity contribution < 1.29 is 19.0 Å². The van der Waals surface area contributed by atoms with Crippen molar-refractivity contribution in [3.05, 3.63) is 22.5 Å². The molecule has 1 aliphatic rings. The van der Waals surface area contributed by atoms with Crippen LogP contribution in [0.15, 0.2) is 6.07 Å². The SMILES string of the molecule is CC(C)(CO)c1c(F)c(Cl)cc2c1OCCO2. The van der Waals surface area contributed by atoms with Gasteiger partial charge in [-0.2, -0.15) is 0 Å². The maximum absolute atomic E-state index is 14.1. The van der Waals surface area contributed by atoms with E-state index in [-0.39, 0.29) is 17.2 Å². The molecule has 5 heteroatoms. The smallest absolute Gasteiger partial charge is 0.168 e. The Morgan fingerprint density at radius 3 is 2.71 bits per heavy atom. The highest BCUT2D eigenvalue weighted by atomic mass is 35.5. The summed E-state index contributed by atoms with van der Waals surface area (Å²) < 4.78 is 24.9. The molecular formula is C12H14ClFO3. The molecule has 1 aromatic rings. The number of fused-ring (bicyclic) bond motifs is 1. The van der Waals surface area contributed by atoms with Crippen molar-refractivity contribution in [3.63, 3.8) is 0 Å². The summed E-state index contributed by atoms with van der Waals surface area (Å²) in [7, 11) is 0. The molecule has 0 saturated carbocycles. The number of halogens is 2. The maximum Gasteiger partial charge on any atom is 0.168 e. The first kappa shape index (κ1) is 12.5. The highest BCUT2D eigenvalue weighted by Gasteiger charge is 2.33. The third-order valence-corrected chi connectivity index (χ3v) is 3.07. The molecule has 1 aliphatic heterocycles. The van der Waals surface area contributed by atoms with Gasteiger partial charge >= 0.3 is 0 Å². The quantitative estimate of drug-likeness (QED) is 0.888. The predicted molar refractivity (Wildman–Crippen MR) is 62.5 cm³/mol. The van der Waals surface area contributed by atoms with Crippen LogP contribution in [-0.2, 0) is 5.41 Å². The first-order valence-electron chi connectivity index (χ1n) is 5.36. The van der Waals surface area contributed by atoms with E-state index >= 15 is 0 Å². The van der Waals surface area contributed by atoms with Crippen molar-refractivity contribution in [1.82, 2.24) is 0 Å². The van der Waals surface area contributed by atoms with E-state index in [1.807, 2.05) is 0 Å². The van der Waals surface area contributed by atoms with Crippen molar-refractivity contribution >= 4 is 11.6 Å². The molecule has 0 aliphatic carbocycles. The van der Waals surface area contributed by atoms with Crippen molar-refractivity contribution in [2.24, 2.45) is 0 Å². The van der Waals surface area contributed by atoms with Gasteiger partial charge in [-0.25, -0.2) is 4.39 Å². The molecule has 0 spiro atoms. The second kappa shape index (κ2) is 4.35. The monoisotopic (exact) mass is 260 g/mol. The van der Waals surface area contributed by atoms with Gasteiger partial charge in [0.1, 0.15) is 19.0 Å². The first-order chi connectivity index (χ1) is 7.97. The summed E-state index contributed by atoms with van der Waals surface area (Å²) in [5, 5.41) is 9.34. The van der Waals surface area contributed by atoms with Gasteiger partial charge in [0, 0.05) is 17.0 Å². The molecule has 1 heterocycles. The Balaban J connectivity index is 2.67. The van der Waals surface area contributed by atoms with Gasteiger partial charge < -0.3 is 14.6 Å². The molecule has 1 aromatic carbocycles. The number of hydrogen-bond donors (Lipinski definition) is 1. The van der Waals surface area contributed by atoms with Crippen LogP contribution in [0, 0.1) is 5.82 Å². The normalized spacial score (nSPS) is 14.9. The molecule has 0 aromatic heterocycles. The molecular weight excluding hydrogens is 247 g/mol. The Morgan fingerprint density at radius 1 is 1.41 bits per heavy atom. The lowest BCUT2D eigenvalue weighted by Crippen LogP contribution is -2.27. The number of ether oxygens (including phenoxy) is 2. The highest BCUT2D eigenvalue weighted by Crippen LogP contribution is 2.44. The van der Waals surface area contributed by atoms with Crippen LogP contribution in [0.25, 0.3) is 0 Å². The van der Waals surface area contributed by atoms with E-state index in [1.54, 1.807) is 13.8 Å². The van der Waals surface area contributed by atoms with E-state index in [4.69, 9.17) is 21.1 Å². The number of benzene rings is 1. The second-order valence-corrected chi connectivity index (χ2v) is 5.02. The Hall–Kier alpha value is -1.00. The molecule has 0 amide bonds. The molecule has 3 nitrogen and oxygen atoms in total. The van der Waals surface area contributed by atoms with Crippen LogP contribution in [0.1, 0.15) is 19.4 Å². The summed E-state index contributed by atoms with van der Waals surface area (Å²) >= 11 is 5.82. The zero-order chi connectivity index (χ0) is 12.6. The lowest BCUT2D eigenvalue weighted by molar-refractivity contribution is 0.159. The molecule has 1 N–H and O–H groups in total. The molecule has 17 heavy (non-hydrogen) atoms. The van der Waals surface area contributed by atoms with Gasteiger partial charge in [0.15, 0.2) is 11.5 Å². The van der Waals surface area contributed by atoms with Gasteiger partial charge in [-0.05, 0) is 0 Å². The first-order valence-corrected chi connectivity index (χ1v) is 5.74. The third-order valence-electron chi connectivity index (χ3n) is 2.80. The molecule has 94 valence electrons. The van der Waals surface area contributed by atoms with E-state index in [2.05, 4.69) is 0 Å². The van der Waals surface area contributed by atoms with Gasteiger partial charge in [-0.3, -0.25) is 0 Å². The molecule has 0 fully saturated rings. The minimum Gasteiger partial charge on any atom is -0.486 e. The molecule has 0 atom stereocenters. The average molecular weight is 261 g/mol. The lowest BCUT2D eigenvalue weighted by Gasteiger charge is -2.29. The van der Waals surface area contributed by atoms with E-state index in [0.717, 1.165) is 0 Å². The largest absolute Gasteiger partial charge is 0.486 e. The molecule has 0 bridgehead atoms. The fourth-order valence-corrected chi connectivity index (χ4v) is 2.01. The van der Waals surface area contributed by atoms with Crippen molar-refractivity contribution in [1.29, 1.82) is 0 Å². The second-order valence-electron chi connectivity index (χ2n) is 4.61. The average Bonchev–Trinajstić information content (AvgIpc) is 2.30. The Labute approximate surface area is 104 Å². The summed E-state index contributed by atoms with van der Waals surface area (Å²) in [6.45, 7) is 4.01. The number of aliphatic hydroxyl groups excluding tert-OH is 1. The summed E-state index contributed by atoms with van der Waals surface area (Å²) in [5.41, 5.74) is -0.512. The molecule has 0 radical (unpaired) electrons. The van der Waals surface area contributed by atoms with E-state index < -0.39 is 11.2 Å². The summed E-state index contributed by atoms with van der Waals surface area (Å²) in [6, 6.07) is 1.41. The summed E-state index contributed by atoms with van der Waals surface area (Å²) in [4.78, 5) is 0. The number of hydrogen-bond acceptors (Lipinski definition) is 3. The fraction of sp³-hybridized carbons (Fsp3) is 0.500. The van der Waals surface area contributed by atoms with Crippen LogP contribution in [-0.4, -0.2) is 24.9 Å². The van der Waals surface area contributed by atoms with Crippen LogP contribution >= 0.6 is 11.6 Å². The summed E-state index contributed by atoms with van der Waals surface area (Å²) in [5.74, 6) is 0.214. The Kier molecular flexibility index (Phi) is 3.19. The van der Waals surface area contributed by atoms with Crippen LogP contribution < -0.4 is 9.47 Å². The molecule has 2 rings (SSSR count). The zero-order valence-corrected chi connectivity index (χ0v) is 10.5. The van der Waals surface area contributed by atoms with Crippen LogP contribution in [0.2, 0.25) is 5.02 Å². The van der Waals surface area contributed by atoms with E-state index in [9.17, 15) is 9.50 Å².